The van der Waals surface area contributed by atoms with Crippen LogP contribution >= 0.6 is 0 Å². The zero-order valence-corrected chi connectivity index (χ0v) is 9.88. The van der Waals surface area contributed by atoms with Crippen LogP contribution in [0.25, 0.3) is 0 Å². The summed E-state index contributed by atoms with van der Waals surface area (Å²) in [6.07, 6.45) is -2.57. The molecule has 1 heterocycles. The molecule has 0 aromatic carbocycles. The Morgan fingerprint density at radius 1 is 1.41 bits per heavy atom. The molecule has 0 spiro atoms. The van der Waals surface area contributed by atoms with Crippen molar-refractivity contribution in [1.82, 2.24) is 9.88 Å². The van der Waals surface area contributed by atoms with Crippen molar-refractivity contribution >= 4 is 5.82 Å². The average Bonchev–Trinajstić information content (AvgIpc) is 2.15. The van der Waals surface area contributed by atoms with E-state index in [2.05, 4.69) is 10.3 Å². The lowest BCUT2D eigenvalue weighted by molar-refractivity contribution is -0.144. The van der Waals surface area contributed by atoms with Crippen molar-refractivity contribution in [1.29, 1.82) is 0 Å². The number of nitrogens with one attached hydrogen (secondary N) is 1. The van der Waals surface area contributed by atoms with Crippen molar-refractivity contribution in [3.63, 3.8) is 0 Å². The van der Waals surface area contributed by atoms with E-state index in [0.717, 1.165) is 12.1 Å². The predicted octanol–water partition coefficient (Wildman–Crippen LogP) is 2.51. The van der Waals surface area contributed by atoms with Crippen molar-refractivity contribution in [3.8, 4) is 0 Å². The molecule has 0 radical (unpaired) electrons. The van der Waals surface area contributed by atoms with Gasteiger partial charge < -0.3 is 5.32 Å². The lowest BCUT2D eigenvalue weighted by atomic mass is 10.2. The van der Waals surface area contributed by atoms with Crippen LogP contribution < -0.4 is 5.32 Å². The van der Waals surface area contributed by atoms with E-state index in [0.29, 0.717) is 5.82 Å². The third kappa shape index (κ3) is 5.53. The second-order valence-corrected chi connectivity index (χ2v) is 3.87. The third-order valence-corrected chi connectivity index (χ3v) is 2.08. The summed E-state index contributed by atoms with van der Waals surface area (Å²) >= 11 is 0. The summed E-state index contributed by atoms with van der Waals surface area (Å²) < 4.78 is 36.4. The minimum absolute atomic E-state index is 0.250. The Bertz CT molecular complexity index is 352. The molecule has 0 unspecified atom stereocenters. The van der Waals surface area contributed by atoms with Gasteiger partial charge in [-0.1, -0.05) is 0 Å². The Morgan fingerprint density at radius 2 is 2.12 bits per heavy atom. The Hall–Kier alpha value is -1.30. The highest BCUT2D eigenvalue weighted by Crippen LogP contribution is 2.17. The van der Waals surface area contributed by atoms with E-state index in [1.165, 1.54) is 11.9 Å². The van der Waals surface area contributed by atoms with Crippen LogP contribution in [-0.4, -0.2) is 36.2 Å². The normalized spacial score (nSPS) is 11.9. The fourth-order valence-corrected chi connectivity index (χ4v) is 1.52. The largest absolute Gasteiger partial charge is 0.401 e. The monoisotopic (exact) mass is 247 g/mol. The Balaban J connectivity index is 2.58. The summed E-state index contributed by atoms with van der Waals surface area (Å²) in [5, 5.41) is 3.02. The molecule has 0 bridgehead atoms. The second kappa shape index (κ2) is 5.86. The molecule has 96 valence electrons. The maximum atomic E-state index is 12.1. The van der Waals surface area contributed by atoms with Gasteiger partial charge in [0.1, 0.15) is 5.82 Å². The lowest BCUT2D eigenvalue weighted by Gasteiger charge is -2.18. The second-order valence-electron chi connectivity index (χ2n) is 3.87. The van der Waals surface area contributed by atoms with E-state index in [1.807, 2.05) is 6.92 Å². The SMILES string of the molecule is CCNc1cc(CN(C)CC(F)(F)F)ccn1. The first kappa shape index (κ1) is 13.8. The molecule has 6 heteroatoms. The first-order valence-electron chi connectivity index (χ1n) is 5.35. The number of nitrogens with zero attached hydrogens (tertiary/aromatic N) is 2. The van der Waals surface area contributed by atoms with E-state index < -0.39 is 12.7 Å². The molecule has 0 aliphatic rings. The number of rotatable bonds is 5. The van der Waals surface area contributed by atoms with Crippen molar-refractivity contribution in [3.05, 3.63) is 23.9 Å². The van der Waals surface area contributed by atoms with Crippen LogP contribution in [0.2, 0.25) is 0 Å². The number of pyridine rings is 1. The number of hydrogen-bond acceptors (Lipinski definition) is 3. The average molecular weight is 247 g/mol. The summed E-state index contributed by atoms with van der Waals surface area (Å²) in [6.45, 7) is 2.01. The van der Waals surface area contributed by atoms with E-state index in [9.17, 15) is 13.2 Å². The van der Waals surface area contributed by atoms with Crippen molar-refractivity contribution < 1.29 is 13.2 Å². The summed E-state index contributed by atoms with van der Waals surface area (Å²) in [7, 11) is 1.45. The standard InChI is InChI=1S/C11H16F3N3/c1-3-15-10-6-9(4-5-16-10)7-17(2)8-11(12,13)14/h4-6H,3,7-8H2,1-2H3,(H,15,16). The molecular weight excluding hydrogens is 231 g/mol. The number of alkyl halides is 3. The third-order valence-electron chi connectivity index (χ3n) is 2.08. The molecular formula is C11H16F3N3. The van der Waals surface area contributed by atoms with Crippen LogP contribution in [0.4, 0.5) is 19.0 Å². The fraction of sp³-hybridized carbons (Fsp3) is 0.545. The van der Waals surface area contributed by atoms with E-state index >= 15 is 0 Å². The van der Waals surface area contributed by atoms with Crippen LogP contribution in [-0.2, 0) is 6.54 Å². The molecule has 1 N–H and O–H groups in total. The summed E-state index contributed by atoms with van der Waals surface area (Å²) in [4.78, 5) is 5.29. The van der Waals surface area contributed by atoms with Gasteiger partial charge >= 0.3 is 6.18 Å². The van der Waals surface area contributed by atoms with E-state index in [-0.39, 0.29) is 6.54 Å². The molecule has 3 nitrogen and oxygen atoms in total. The van der Waals surface area contributed by atoms with Crippen LogP contribution in [0, 0.1) is 0 Å². The van der Waals surface area contributed by atoms with Gasteiger partial charge in [-0.15, -0.1) is 0 Å². The van der Waals surface area contributed by atoms with Gasteiger partial charge in [0.05, 0.1) is 6.54 Å². The van der Waals surface area contributed by atoms with Gasteiger partial charge in [0, 0.05) is 19.3 Å². The molecule has 17 heavy (non-hydrogen) atoms. The minimum Gasteiger partial charge on any atom is -0.370 e. The van der Waals surface area contributed by atoms with Crippen LogP contribution in [0.1, 0.15) is 12.5 Å². The minimum atomic E-state index is -4.16. The lowest BCUT2D eigenvalue weighted by Crippen LogP contribution is -2.30. The highest BCUT2D eigenvalue weighted by Gasteiger charge is 2.28. The molecule has 0 fully saturated rings. The maximum absolute atomic E-state index is 12.1. The molecule has 0 aliphatic heterocycles. The summed E-state index contributed by atoms with van der Waals surface area (Å²) in [6, 6.07) is 3.48. The van der Waals surface area contributed by atoms with Gasteiger partial charge in [-0.3, -0.25) is 4.90 Å². The molecule has 1 aromatic heterocycles. The Morgan fingerprint density at radius 3 is 2.71 bits per heavy atom. The number of aromatic nitrogens is 1. The maximum Gasteiger partial charge on any atom is 0.401 e. The number of anilines is 1. The van der Waals surface area contributed by atoms with Gasteiger partial charge in [0.25, 0.3) is 0 Å². The first-order valence-corrected chi connectivity index (χ1v) is 5.35. The Kier molecular flexibility index (Phi) is 4.74. The van der Waals surface area contributed by atoms with Crippen molar-refractivity contribution in [2.45, 2.75) is 19.6 Å². The van der Waals surface area contributed by atoms with Crippen molar-refractivity contribution in [2.75, 3.05) is 25.5 Å². The van der Waals surface area contributed by atoms with Gasteiger partial charge in [0.15, 0.2) is 0 Å². The summed E-state index contributed by atoms with van der Waals surface area (Å²) in [5.74, 6) is 0.686. The van der Waals surface area contributed by atoms with Gasteiger partial charge in [0.2, 0.25) is 0 Å². The number of halogens is 3. The van der Waals surface area contributed by atoms with Crippen LogP contribution in [0.3, 0.4) is 0 Å². The molecule has 0 atom stereocenters. The van der Waals surface area contributed by atoms with Crippen LogP contribution in [0.15, 0.2) is 18.3 Å². The summed E-state index contributed by atoms with van der Waals surface area (Å²) in [5.41, 5.74) is 0.808. The Labute approximate surface area is 98.6 Å². The van der Waals surface area contributed by atoms with Gasteiger partial charge in [-0.05, 0) is 31.7 Å². The van der Waals surface area contributed by atoms with Gasteiger partial charge in [-0.25, -0.2) is 4.98 Å². The molecule has 1 rings (SSSR count). The first-order chi connectivity index (χ1) is 7.90. The van der Waals surface area contributed by atoms with E-state index in [4.69, 9.17) is 0 Å². The zero-order valence-electron chi connectivity index (χ0n) is 9.88. The number of hydrogen-bond donors (Lipinski definition) is 1. The smallest absolute Gasteiger partial charge is 0.370 e. The molecule has 0 saturated carbocycles. The topological polar surface area (TPSA) is 28.2 Å². The molecule has 1 aromatic rings. The van der Waals surface area contributed by atoms with Crippen LogP contribution in [0.5, 0.6) is 0 Å². The van der Waals surface area contributed by atoms with Crippen molar-refractivity contribution in [2.24, 2.45) is 0 Å². The highest BCUT2D eigenvalue weighted by molar-refractivity contribution is 5.37. The van der Waals surface area contributed by atoms with Gasteiger partial charge in [-0.2, -0.15) is 13.2 Å². The molecule has 0 saturated heterocycles. The highest BCUT2D eigenvalue weighted by atomic mass is 19.4. The van der Waals surface area contributed by atoms with E-state index in [1.54, 1.807) is 18.3 Å². The molecule has 0 aliphatic carbocycles. The zero-order chi connectivity index (χ0) is 12.9. The quantitative estimate of drug-likeness (QED) is 0.866. The predicted molar refractivity (Wildman–Crippen MR) is 60.8 cm³/mol. The fourth-order valence-electron chi connectivity index (χ4n) is 1.52. The molecule has 0 amide bonds.